The van der Waals surface area contributed by atoms with Crippen molar-refractivity contribution in [2.45, 2.75) is 23.3 Å². The number of nitrogens with zero attached hydrogens (tertiary/aromatic N) is 4. The molecule has 2 aromatic carbocycles. The van der Waals surface area contributed by atoms with Gasteiger partial charge >= 0.3 is 0 Å². The molecule has 0 bridgehead atoms. The van der Waals surface area contributed by atoms with Gasteiger partial charge in [0.15, 0.2) is 11.5 Å². The Balaban J connectivity index is 1.69. The van der Waals surface area contributed by atoms with Crippen LogP contribution in [-0.2, 0) is 16.3 Å². The number of fused-ring (bicyclic) bond motifs is 3. The molecule has 0 unspecified atom stereocenters. The Kier molecular flexibility index (Phi) is 4.99. The summed E-state index contributed by atoms with van der Waals surface area (Å²) >= 11 is 4.83. The van der Waals surface area contributed by atoms with Crippen LogP contribution in [0.4, 0.5) is 11.5 Å². The lowest BCUT2D eigenvalue weighted by atomic mass is 10.1. The molecule has 0 aliphatic carbocycles. The molecule has 31 heavy (non-hydrogen) atoms. The van der Waals surface area contributed by atoms with E-state index in [4.69, 9.17) is 0 Å². The summed E-state index contributed by atoms with van der Waals surface area (Å²) in [6.45, 7) is 2.10. The minimum absolute atomic E-state index is 0.135. The van der Waals surface area contributed by atoms with Crippen molar-refractivity contribution < 1.29 is 8.42 Å². The van der Waals surface area contributed by atoms with E-state index in [1.165, 1.54) is 33.5 Å². The molecule has 5 rings (SSSR count). The van der Waals surface area contributed by atoms with E-state index in [0.29, 0.717) is 5.82 Å². The first-order valence-electron chi connectivity index (χ1n) is 9.46. The van der Waals surface area contributed by atoms with E-state index in [0.717, 1.165) is 26.8 Å². The molecule has 0 saturated carbocycles. The summed E-state index contributed by atoms with van der Waals surface area (Å²) in [6.07, 6.45) is 0.915. The summed E-state index contributed by atoms with van der Waals surface area (Å²) in [6, 6.07) is 16.4. The first-order chi connectivity index (χ1) is 15.0. The van der Waals surface area contributed by atoms with Crippen LogP contribution in [0.25, 0.3) is 15.9 Å². The van der Waals surface area contributed by atoms with Crippen LogP contribution < -0.4 is 5.32 Å². The monoisotopic (exact) mass is 513 g/mol. The van der Waals surface area contributed by atoms with Gasteiger partial charge in [0.1, 0.15) is 0 Å². The minimum atomic E-state index is -3.89. The molecule has 0 aliphatic heterocycles. The second-order valence-corrected chi connectivity index (χ2v) is 10.6. The van der Waals surface area contributed by atoms with Gasteiger partial charge in [-0.3, -0.25) is 0 Å². The van der Waals surface area contributed by atoms with Gasteiger partial charge in [0, 0.05) is 10.2 Å². The number of benzene rings is 2. The number of anilines is 2. The molecular formula is C21H16BrN5O2S2. The van der Waals surface area contributed by atoms with Crippen molar-refractivity contribution in [1.29, 1.82) is 0 Å². The van der Waals surface area contributed by atoms with Gasteiger partial charge < -0.3 is 5.32 Å². The van der Waals surface area contributed by atoms with Gasteiger partial charge in [0.2, 0.25) is 14.9 Å². The highest BCUT2D eigenvalue weighted by molar-refractivity contribution is 9.10. The molecule has 0 atom stereocenters. The van der Waals surface area contributed by atoms with Crippen LogP contribution in [0, 0.1) is 0 Å². The number of aryl methyl sites for hydroxylation is 1. The molecule has 5 aromatic rings. The molecule has 0 radical (unpaired) electrons. The number of thiophene rings is 1. The van der Waals surface area contributed by atoms with E-state index in [1.54, 1.807) is 12.1 Å². The topological polar surface area (TPSA) is 89.2 Å². The quantitative estimate of drug-likeness (QED) is 0.345. The maximum Gasteiger partial charge on any atom is 0.229 e. The Bertz CT molecular complexity index is 1530. The van der Waals surface area contributed by atoms with Crippen molar-refractivity contribution in [1.82, 2.24) is 19.8 Å². The van der Waals surface area contributed by atoms with E-state index < -0.39 is 9.84 Å². The van der Waals surface area contributed by atoms with Crippen LogP contribution in [0.5, 0.6) is 0 Å². The van der Waals surface area contributed by atoms with Crippen molar-refractivity contribution in [2.75, 3.05) is 5.32 Å². The Morgan fingerprint density at radius 1 is 1.13 bits per heavy atom. The van der Waals surface area contributed by atoms with Crippen molar-refractivity contribution in [3.05, 3.63) is 70.0 Å². The van der Waals surface area contributed by atoms with Crippen LogP contribution in [0.3, 0.4) is 0 Å². The molecular weight excluding hydrogens is 498 g/mol. The maximum atomic E-state index is 13.3. The lowest BCUT2D eigenvalue weighted by Gasteiger charge is -2.09. The van der Waals surface area contributed by atoms with Crippen LogP contribution in [0.1, 0.15) is 12.5 Å². The first-order valence-corrected chi connectivity index (χ1v) is 12.6. The number of nitrogens with one attached hydrogen (secondary N) is 1. The molecule has 3 heterocycles. The van der Waals surface area contributed by atoms with Crippen LogP contribution in [0.2, 0.25) is 0 Å². The Morgan fingerprint density at radius 2 is 1.94 bits per heavy atom. The molecule has 10 heteroatoms. The normalized spacial score (nSPS) is 11.9. The third-order valence-electron chi connectivity index (χ3n) is 4.90. The minimum Gasteiger partial charge on any atom is -0.339 e. The Hall–Kier alpha value is -2.82. The molecule has 7 nitrogen and oxygen atoms in total. The Labute approximate surface area is 190 Å². The molecule has 0 saturated heterocycles. The number of rotatable bonds is 5. The van der Waals surface area contributed by atoms with Gasteiger partial charge in [0.25, 0.3) is 0 Å². The second-order valence-electron chi connectivity index (χ2n) is 6.86. The van der Waals surface area contributed by atoms with E-state index in [1.807, 2.05) is 23.6 Å². The third-order valence-corrected chi connectivity index (χ3v) is 8.00. The summed E-state index contributed by atoms with van der Waals surface area (Å²) in [5.74, 6) is 0.570. The zero-order valence-corrected chi connectivity index (χ0v) is 19.5. The third kappa shape index (κ3) is 3.50. The van der Waals surface area contributed by atoms with Crippen LogP contribution in [-0.4, -0.2) is 28.2 Å². The zero-order valence-electron chi connectivity index (χ0n) is 16.3. The van der Waals surface area contributed by atoms with Crippen molar-refractivity contribution >= 4 is 64.5 Å². The largest absolute Gasteiger partial charge is 0.339 e. The van der Waals surface area contributed by atoms with Crippen LogP contribution >= 0.6 is 27.3 Å². The highest BCUT2D eigenvalue weighted by Crippen LogP contribution is 2.33. The fraction of sp³-hybridized carbons (Fsp3) is 0.0952. The predicted molar refractivity (Wildman–Crippen MR) is 125 cm³/mol. The summed E-state index contributed by atoms with van der Waals surface area (Å²) < 4.78 is 29.7. The van der Waals surface area contributed by atoms with E-state index in [2.05, 4.69) is 55.6 Å². The molecule has 0 spiro atoms. The molecule has 3 aromatic heterocycles. The summed E-state index contributed by atoms with van der Waals surface area (Å²) in [5, 5.41) is 13.2. The maximum absolute atomic E-state index is 13.3. The summed E-state index contributed by atoms with van der Waals surface area (Å²) in [5.41, 5.74) is 3.01. The van der Waals surface area contributed by atoms with Gasteiger partial charge in [-0.1, -0.05) is 40.2 Å². The van der Waals surface area contributed by atoms with E-state index in [9.17, 15) is 8.42 Å². The zero-order chi connectivity index (χ0) is 21.6. The average molecular weight is 514 g/mol. The van der Waals surface area contributed by atoms with Gasteiger partial charge in [-0.05, 0) is 59.8 Å². The standard InChI is InChI=1S/C21H16BrN5O2S2/c1-2-13-4-3-5-15(12-13)23-19-18-17(10-11-30-18)27-20(24-19)21(25-26-27)31(28,29)16-8-6-14(22)7-9-16/h3-12H,2H2,1H3,(H,23,24). The van der Waals surface area contributed by atoms with Gasteiger partial charge in [0.05, 0.1) is 15.1 Å². The second kappa shape index (κ2) is 7.70. The van der Waals surface area contributed by atoms with Gasteiger partial charge in [-0.15, -0.1) is 16.4 Å². The molecule has 156 valence electrons. The number of aromatic nitrogens is 4. The van der Waals surface area contributed by atoms with E-state index >= 15 is 0 Å². The first kappa shape index (κ1) is 20.1. The molecule has 0 fully saturated rings. The Morgan fingerprint density at radius 3 is 2.71 bits per heavy atom. The van der Waals surface area contributed by atoms with Gasteiger partial charge in [-0.25, -0.2) is 13.4 Å². The van der Waals surface area contributed by atoms with Crippen LogP contribution in [0.15, 0.2) is 74.4 Å². The SMILES string of the molecule is CCc1cccc(Nc2nc3c(S(=O)(=O)c4ccc(Br)cc4)nnn3c3ccsc23)c1. The molecule has 0 aliphatic rings. The highest BCUT2D eigenvalue weighted by atomic mass is 79.9. The van der Waals surface area contributed by atoms with Gasteiger partial charge in [-0.2, -0.15) is 4.52 Å². The van der Waals surface area contributed by atoms with Crippen molar-refractivity contribution in [3.8, 4) is 0 Å². The number of hydrogen-bond donors (Lipinski definition) is 1. The number of sulfone groups is 1. The number of halogens is 1. The lowest BCUT2D eigenvalue weighted by molar-refractivity contribution is 0.592. The van der Waals surface area contributed by atoms with Crippen molar-refractivity contribution in [3.63, 3.8) is 0 Å². The molecule has 0 amide bonds. The molecule has 1 N–H and O–H groups in total. The lowest BCUT2D eigenvalue weighted by Crippen LogP contribution is -2.05. The summed E-state index contributed by atoms with van der Waals surface area (Å²) in [7, 11) is -3.89. The number of hydrogen-bond acceptors (Lipinski definition) is 7. The summed E-state index contributed by atoms with van der Waals surface area (Å²) in [4.78, 5) is 4.78. The fourth-order valence-corrected chi connectivity index (χ4v) is 5.63. The van der Waals surface area contributed by atoms with E-state index in [-0.39, 0.29) is 15.6 Å². The highest BCUT2D eigenvalue weighted by Gasteiger charge is 2.27. The van der Waals surface area contributed by atoms with Crippen molar-refractivity contribution in [2.24, 2.45) is 0 Å². The average Bonchev–Trinajstić information content (AvgIpc) is 3.41. The fourth-order valence-electron chi connectivity index (χ4n) is 3.31. The predicted octanol–water partition coefficient (Wildman–Crippen LogP) is 5.24. The smallest absolute Gasteiger partial charge is 0.229 e.